The van der Waals surface area contributed by atoms with Gasteiger partial charge in [-0.15, -0.1) is 0 Å². The molecular formula is C16H36O6Si3. The van der Waals surface area contributed by atoms with Crippen LogP contribution >= 0.6 is 0 Å². The molecule has 25 heavy (non-hydrogen) atoms. The Balaban J connectivity index is 4.42. The van der Waals surface area contributed by atoms with E-state index in [-0.39, 0.29) is 13.2 Å². The Kier molecular flexibility index (Phi) is 10.6. The first kappa shape index (κ1) is 24.7. The molecule has 6 nitrogen and oxygen atoms in total. The SMILES string of the molecule is C=CC(=O)OC(CO)COCCC[Si](C)(O[Si](C)(C)C)O[Si](C)(C)C. The Morgan fingerprint density at radius 3 is 2.00 bits per heavy atom. The summed E-state index contributed by atoms with van der Waals surface area (Å²) in [6.07, 6.45) is 1.22. The van der Waals surface area contributed by atoms with Crippen LogP contribution in [0.2, 0.25) is 51.9 Å². The van der Waals surface area contributed by atoms with E-state index < -0.39 is 37.3 Å². The third-order valence-corrected chi connectivity index (χ3v) is 12.5. The van der Waals surface area contributed by atoms with E-state index in [1.54, 1.807) is 0 Å². The number of esters is 1. The normalized spacial score (nSPS) is 14.2. The Morgan fingerprint density at radius 2 is 1.60 bits per heavy atom. The highest BCUT2D eigenvalue weighted by atomic mass is 28.5. The van der Waals surface area contributed by atoms with Crippen molar-refractivity contribution in [3.05, 3.63) is 12.7 Å². The van der Waals surface area contributed by atoms with Crippen molar-refractivity contribution in [3.63, 3.8) is 0 Å². The van der Waals surface area contributed by atoms with E-state index in [1.807, 2.05) is 0 Å². The van der Waals surface area contributed by atoms with Gasteiger partial charge in [-0.2, -0.15) is 0 Å². The highest BCUT2D eigenvalue weighted by molar-refractivity contribution is 6.87. The van der Waals surface area contributed by atoms with Crippen molar-refractivity contribution in [2.45, 2.75) is 64.4 Å². The summed E-state index contributed by atoms with van der Waals surface area (Å²) in [4.78, 5) is 11.1. The molecule has 0 amide bonds. The molecule has 9 heteroatoms. The second-order valence-electron chi connectivity index (χ2n) is 8.19. The first-order chi connectivity index (χ1) is 11.3. The predicted octanol–water partition coefficient (Wildman–Crippen LogP) is 3.26. The Hall–Kier alpha value is -0.299. The number of rotatable bonds is 13. The lowest BCUT2D eigenvalue weighted by Crippen LogP contribution is -2.52. The van der Waals surface area contributed by atoms with Crippen LogP contribution in [0.1, 0.15) is 6.42 Å². The number of ether oxygens (including phenoxy) is 2. The fourth-order valence-corrected chi connectivity index (χ4v) is 15.0. The fraction of sp³-hybridized carbons (Fsp3) is 0.812. The van der Waals surface area contributed by atoms with Gasteiger partial charge in [-0.05, 0) is 58.3 Å². The number of carbonyl (C=O) groups is 1. The minimum atomic E-state index is -2.24. The molecule has 0 aliphatic rings. The quantitative estimate of drug-likeness (QED) is 0.218. The molecule has 0 aliphatic carbocycles. The molecule has 0 rings (SSSR count). The first-order valence-electron chi connectivity index (χ1n) is 8.72. The molecule has 0 aliphatic heterocycles. The van der Waals surface area contributed by atoms with Crippen LogP contribution in [0.3, 0.4) is 0 Å². The predicted molar refractivity (Wildman–Crippen MR) is 108 cm³/mol. The van der Waals surface area contributed by atoms with Crippen LogP contribution in [-0.4, -0.2) is 62.2 Å². The second-order valence-corrected chi connectivity index (χ2v) is 21.0. The van der Waals surface area contributed by atoms with E-state index in [9.17, 15) is 9.90 Å². The van der Waals surface area contributed by atoms with Crippen molar-refractivity contribution in [2.24, 2.45) is 0 Å². The number of aliphatic hydroxyl groups excluding tert-OH is 1. The minimum Gasteiger partial charge on any atom is -0.454 e. The minimum absolute atomic E-state index is 0.165. The molecule has 0 heterocycles. The maximum Gasteiger partial charge on any atom is 0.330 e. The molecule has 0 saturated carbocycles. The van der Waals surface area contributed by atoms with Crippen LogP contribution in [0.25, 0.3) is 0 Å². The van der Waals surface area contributed by atoms with Gasteiger partial charge in [-0.3, -0.25) is 0 Å². The Bertz CT molecular complexity index is 401. The van der Waals surface area contributed by atoms with E-state index in [1.165, 1.54) is 0 Å². The largest absolute Gasteiger partial charge is 0.454 e. The molecule has 0 aromatic carbocycles. The molecule has 0 aromatic rings. The fourth-order valence-electron chi connectivity index (χ4n) is 2.46. The van der Waals surface area contributed by atoms with E-state index in [4.69, 9.17) is 17.7 Å². The van der Waals surface area contributed by atoms with Gasteiger partial charge < -0.3 is 22.8 Å². The summed E-state index contributed by atoms with van der Waals surface area (Å²) >= 11 is 0. The van der Waals surface area contributed by atoms with Gasteiger partial charge >= 0.3 is 14.5 Å². The molecule has 1 atom stereocenters. The van der Waals surface area contributed by atoms with Gasteiger partial charge in [0.25, 0.3) is 0 Å². The van der Waals surface area contributed by atoms with Gasteiger partial charge in [0.1, 0.15) is 6.10 Å². The summed E-state index contributed by atoms with van der Waals surface area (Å²) < 4.78 is 23.4. The van der Waals surface area contributed by atoms with Gasteiger partial charge in [-0.25, -0.2) is 4.79 Å². The van der Waals surface area contributed by atoms with Crippen LogP contribution in [-0.2, 0) is 22.5 Å². The topological polar surface area (TPSA) is 74.2 Å². The lowest BCUT2D eigenvalue weighted by Gasteiger charge is -2.38. The smallest absolute Gasteiger partial charge is 0.330 e. The average molecular weight is 409 g/mol. The third-order valence-electron chi connectivity index (χ3n) is 2.92. The van der Waals surface area contributed by atoms with Crippen molar-refractivity contribution in [3.8, 4) is 0 Å². The van der Waals surface area contributed by atoms with Crippen molar-refractivity contribution in [1.82, 2.24) is 0 Å². The maximum atomic E-state index is 11.1. The highest BCUT2D eigenvalue weighted by Crippen LogP contribution is 2.25. The first-order valence-corrected chi connectivity index (χ1v) is 18.1. The van der Waals surface area contributed by atoms with Crippen molar-refractivity contribution < 1.29 is 27.6 Å². The van der Waals surface area contributed by atoms with Gasteiger partial charge in [0.05, 0.1) is 13.2 Å². The van der Waals surface area contributed by atoms with E-state index in [0.29, 0.717) is 6.61 Å². The maximum absolute atomic E-state index is 11.1. The molecule has 1 unspecified atom stereocenters. The third kappa shape index (κ3) is 13.5. The molecule has 0 bridgehead atoms. The second kappa shape index (κ2) is 10.8. The Morgan fingerprint density at radius 1 is 1.08 bits per heavy atom. The van der Waals surface area contributed by atoms with Gasteiger partial charge in [0.15, 0.2) is 16.6 Å². The molecule has 0 radical (unpaired) electrons. The van der Waals surface area contributed by atoms with Crippen molar-refractivity contribution in [2.75, 3.05) is 19.8 Å². The zero-order valence-corrected chi connectivity index (χ0v) is 19.9. The molecule has 0 spiro atoms. The highest BCUT2D eigenvalue weighted by Gasteiger charge is 2.39. The molecule has 0 fully saturated rings. The lowest BCUT2D eigenvalue weighted by molar-refractivity contribution is -0.148. The molecule has 0 saturated heterocycles. The van der Waals surface area contributed by atoms with Gasteiger partial charge in [0.2, 0.25) is 0 Å². The summed E-state index contributed by atoms with van der Waals surface area (Å²) in [5.41, 5.74) is 0. The monoisotopic (exact) mass is 408 g/mol. The van der Waals surface area contributed by atoms with Crippen molar-refractivity contribution in [1.29, 1.82) is 0 Å². The summed E-state index contributed by atoms with van der Waals surface area (Å²) in [6, 6.07) is 0.859. The number of hydrogen-bond donors (Lipinski definition) is 1. The number of hydrogen-bond acceptors (Lipinski definition) is 6. The van der Waals surface area contributed by atoms with E-state index in [2.05, 4.69) is 52.4 Å². The summed E-state index contributed by atoms with van der Waals surface area (Å²) in [5.74, 6) is -0.560. The molecule has 0 aromatic heterocycles. The molecule has 148 valence electrons. The van der Waals surface area contributed by atoms with E-state index in [0.717, 1.165) is 18.5 Å². The van der Waals surface area contributed by atoms with E-state index >= 15 is 0 Å². The van der Waals surface area contributed by atoms with Crippen LogP contribution in [0, 0.1) is 0 Å². The average Bonchev–Trinajstić information content (AvgIpc) is 2.41. The number of carbonyl (C=O) groups excluding carboxylic acids is 1. The lowest BCUT2D eigenvalue weighted by atomic mass is 10.4. The van der Waals surface area contributed by atoms with Crippen molar-refractivity contribution >= 4 is 31.2 Å². The van der Waals surface area contributed by atoms with Crippen LogP contribution < -0.4 is 0 Å². The molecule has 1 N–H and O–H groups in total. The van der Waals surface area contributed by atoms with Crippen LogP contribution in [0.15, 0.2) is 12.7 Å². The summed E-state index contributed by atoms with van der Waals surface area (Å²) in [7, 11) is -5.62. The number of aliphatic hydroxyl groups is 1. The summed E-state index contributed by atoms with van der Waals surface area (Å²) in [6.45, 7) is 19.0. The van der Waals surface area contributed by atoms with Crippen LogP contribution in [0.5, 0.6) is 0 Å². The zero-order chi connectivity index (χ0) is 19.7. The molecular weight excluding hydrogens is 372 g/mol. The summed E-state index contributed by atoms with van der Waals surface area (Å²) in [5, 5.41) is 9.20. The van der Waals surface area contributed by atoms with Gasteiger partial charge in [-0.1, -0.05) is 6.58 Å². The standard InChI is InChI=1S/C16H36O6Si3/c1-9-16(18)20-15(13-17)14-19-11-10-12-25(8,21-23(2,3)4)22-24(5,6)7/h9,15,17H,1,10-14H2,2-8H3. The zero-order valence-electron chi connectivity index (χ0n) is 16.9. The van der Waals surface area contributed by atoms with Gasteiger partial charge in [0, 0.05) is 12.7 Å². The van der Waals surface area contributed by atoms with Crippen LogP contribution in [0.4, 0.5) is 0 Å². The Labute approximate surface area is 156 Å².